The number of benzene rings is 1. The highest BCUT2D eigenvalue weighted by Crippen LogP contribution is 2.30. The first kappa shape index (κ1) is 13.4. The van der Waals surface area contributed by atoms with Gasteiger partial charge in [-0.2, -0.15) is 0 Å². The molecular formula is C11H13ClN4O3. The van der Waals surface area contributed by atoms with E-state index in [1.807, 2.05) is 4.90 Å². The highest BCUT2D eigenvalue weighted by Gasteiger charge is 2.21. The number of amides is 2. The topological polar surface area (TPSA) is 92.7 Å². The Labute approximate surface area is 114 Å². The van der Waals surface area contributed by atoms with Crippen LogP contribution in [0.2, 0.25) is 5.02 Å². The van der Waals surface area contributed by atoms with Gasteiger partial charge >= 0.3 is 6.03 Å². The van der Waals surface area contributed by atoms with Gasteiger partial charge < -0.3 is 15.5 Å². The molecule has 2 amide bonds. The van der Waals surface area contributed by atoms with E-state index in [0.717, 1.165) is 5.69 Å². The molecule has 102 valence electrons. The number of piperazine rings is 1. The van der Waals surface area contributed by atoms with E-state index in [-0.39, 0.29) is 5.69 Å². The highest BCUT2D eigenvalue weighted by molar-refractivity contribution is 6.33. The summed E-state index contributed by atoms with van der Waals surface area (Å²) in [6.07, 6.45) is 0. The number of anilines is 1. The molecule has 1 heterocycles. The zero-order valence-corrected chi connectivity index (χ0v) is 10.8. The van der Waals surface area contributed by atoms with Crippen LogP contribution in [0.15, 0.2) is 18.2 Å². The summed E-state index contributed by atoms with van der Waals surface area (Å²) < 4.78 is 0. The van der Waals surface area contributed by atoms with Crippen molar-refractivity contribution in [2.24, 2.45) is 5.73 Å². The molecule has 0 radical (unpaired) electrons. The van der Waals surface area contributed by atoms with Crippen LogP contribution in [0, 0.1) is 10.1 Å². The Bertz CT molecular complexity index is 515. The van der Waals surface area contributed by atoms with Crippen LogP contribution in [0.25, 0.3) is 0 Å². The van der Waals surface area contributed by atoms with Crippen molar-refractivity contribution >= 4 is 29.0 Å². The second-order valence-corrected chi connectivity index (χ2v) is 4.61. The lowest BCUT2D eigenvalue weighted by Crippen LogP contribution is -2.50. The van der Waals surface area contributed by atoms with E-state index < -0.39 is 11.0 Å². The lowest BCUT2D eigenvalue weighted by atomic mass is 10.2. The maximum atomic E-state index is 11.0. The zero-order valence-electron chi connectivity index (χ0n) is 10.1. The third kappa shape index (κ3) is 2.87. The molecule has 0 atom stereocenters. The van der Waals surface area contributed by atoms with Gasteiger partial charge in [-0.05, 0) is 6.07 Å². The van der Waals surface area contributed by atoms with Crippen molar-refractivity contribution < 1.29 is 9.72 Å². The number of halogens is 1. The summed E-state index contributed by atoms with van der Waals surface area (Å²) in [6, 6.07) is 3.94. The van der Waals surface area contributed by atoms with Crippen molar-refractivity contribution in [2.75, 3.05) is 31.1 Å². The van der Waals surface area contributed by atoms with Crippen molar-refractivity contribution in [1.82, 2.24) is 4.90 Å². The minimum Gasteiger partial charge on any atom is -0.367 e. The van der Waals surface area contributed by atoms with Gasteiger partial charge in [0.2, 0.25) is 0 Å². The highest BCUT2D eigenvalue weighted by atomic mass is 35.5. The molecule has 1 fully saturated rings. The number of nitro benzene ring substituents is 1. The molecule has 2 N–H and O–H groups in total. The third-order valence-corrected chi connectivity index (χ3v) is 3.38. The van der Waals surface area contributed by atoms with Gasteiger partial charge in [0.05, 0.1) is 15.6 Å². The number of nitrogens with zero attached hydrogens (tertiary/aromatic N) is 3. The van der Waals surface area contributed by atoms with Crippen molar-refractivity contribution in [3.05, 3.63) is 33.3 Å². The number of hydrogen-bond donors (Lipinski definition) is 1. The quantitative estimate of drug-likeness (QED) is 0.657. The van der Waals surface area contributed by atoms with Crippen molar-refractivity contribution in [3.63, 3.8) is 0 Å². The normalized spacial score (nSPS) is 15.4. The number of primary amides is 1. The molecule has 19 heavy (non-hydrogen) atoms. The maximum Gasteiger partial charge on any atom is 0.314 e. The van der Waals surface area contributed by atoms with Gasteiger partial charge in [-0.1, -0.05) is 11.6 Å². The smallest absolute Gasteiger partial charge is 0.314 e. The monoisotopic (exact) mass is 284 g/mol. The predicted octanol–water partition coefficient (Wildman–Crippen LogP) is 1.45. The van der Waals surface area contributed by atoms with Crippen LogP contribution in [0.1, 0.15) is 0 Å². The molecule has 0 aromatic heterocycles. The first-order valence-corrected chi connectivity index (χ1v) is 6.10. The number of carbonyl (C=O) groups is 1. The van der Waals surface area contributed by atoms with E-state index in [1.165, 1.54) is 12.1 Å². The van der Waals surface area contributed by atoms with Crippen LogP contribution in [-0.2, 0) is 0 Å². The van der Waals surface area contributed by atoms with Crippen LogP contribution in [0.4, 0.5) is 16.2 Å². The minimum absolute atomic E-state index is 0.0375. The standard InChI is InChI=1S/C11H13ClN4O3/c12-9-7-8(16(18)19)1-2-10(9)14-3-5-15(6-4-14)11(13)17/h1-2,7H,3-6H2,(H2,13,17). The van der Waals surface area contributed by atoms with Crippen LogP contribution >= 0.6 is 11.6 Å². The molecule has 2 rings (SSSR count). The molecule has 0 spiro atoms. The number of hydrogen-bond acceptors (Lipinski definition) is 4. The summed E-state index contributed by atoms with van der Waals surface area (Å²) in [7, 11) is 0. The average Bonchev–Trinajstić information content (AvgIpc) is 2.38. The lowest BCUT2D eigenvalue weighted by Gasteiger charge is -2.35. The second kappa shape index (κ2) is 5.31. The Kier molecular flexibility index (Phi) is 3.75. The second-order valence-electron chi connectivity index (χ2n) is 4.21. The van der Waals surface area contributed by atoms with Gasteiger partial charge in [-0.15, -0.1) is 0 Å². The molecule has 7 nitrogen and oxygen atoms in total. The Hall–Kier alpha value is -2.02. The van der Waals surface area contributed by atoms with Crippen LogP contribution in [0.3, 0.4) is 0 Å². The van der Waals surface area contributed by atoms with Crippen LogP contribution in [0.5, 0.6) is 0 Å². The fourth-order valence-electron chi connectivity index (χ4n) is 2.03. The van der Waals surface area contributed by atoms with E-state index in [0.29, 0.717) is 31.2 Å². The third-order valence-electron chi connectivity index (χ3n) is 3.07. The summed E-state index contributed by atoms with van der Waals surface area (Å²) in [5, 5.41) is 11.0. The van der Waals surface area contributed by atoms with E-state index >= 15 is 0 Å². The zero-order chi connectivity index (χ0) is 14.0. The van der Waals surface area contributed by atoms with E-state index in [4.69, 9.17) is 17.3 Å². The Morgan fingerprint density at radius 1 is 1.32 bits per heavy atom. The Morgan fingerprint density at radius 2 is 1.95 bits per heavy atom. The molecular weight excluding hydrogens is 272 g/mol. The molecule has 0 bridgehead atoms. The van der Waals surface area contributed by atoms with Gasteiger partial charge in [0.1, 0.15) is 0 Å². The van der Waals surface area contributed by atoms with Gasteiger partial charge in [0.15, 0.2) is 0 Å². The summed E-state index contributed by atoms with van der Waals surface area (Å²) in [5.74, 6) is 0. The molecule has 1 saturated heterocycles. The Morgan fingerprint density at radius 3 is 2.42 bits per heavy atom. The van der Waals surface area contributed by atoms with E-state index in [1.54, 1.807) is 11.0 Å². The maximum absolute atomic E-state index is 11.0. The number of nitrogens with two attached hydrogens (primary N) is 1. The van der Waals surface area contributed by atoms with Crippen LogP contribution < -0.4 is 10.6 Å². The number of non-ortho nitro benzene ring substituents is 1. The molecule has 0 saturated carbocycles. The van der Waals surface area contributed by atoms with E-state index in [2.05, 4.69) is 0 Å². The molecule has 1 aromatic rings. The van der Waals surface area contributed by atoms with Gasteiger partial charge in [0.25, 0.3) is 5.69 Å². The largest absolute Gasteiger partial charge is 0.367 e. The van der Waals surface area contributed by atoms with Gasteiger partial charge in [-0.25, -0.2) is 4.79 Å². The lowest BCUT2D eigenvalue weighted by molar-refractivity contribution is -0.384. The first-order chi connectivity index (χ1) is 8.99. The van der Waals surface area contributed by atoms with Gasteiger partial charge in [-0.3, -0.25) is 10.1 Å². The molecule has 0 aliphatic carbocycles. The summed E-state index contributed by atoms with van der Waals surface area (Å²) in [4.78, 5) is 24.7. The molecule has 1 aliphatic heterocycles. The summed E-state index contributed by atoms with van der Waals surface area (Å²) in [6.45, 7) is 2.23. The van der Waals surface area contributed by atoms with Gasteiger partial charge in [0, 0.05) is 38.3 Å². The SMILES string of the molecule is NC(=O)N1CCN(c2ccc([N+](=O)[O-])cc2Cl)CC1. The molecule has 1 aromatic carbocycles. The average molecular weight is 285 g/mol. The molecule has 0 unspecified atom stereocenters. The fourth-order valence-corrected chi connectivity index (χ4v) is 2.33. The molecule has 8 heteroatoms. The van der Waals surface area contributed by atoms with Crippen molar-refractivity contribution in [2.45, 2.75) is 0 Å². The number of rotatable bonds is 2. The number of nitro groups is 1. The number of urea groups is 1. The first-order valence-electron chi connectivity index (χ1n) is 5.72. The van der Waals surface area contributed by atoms with Crippen molar-refractivity contribution in [1.29, 1.82) is 0 Å². The van der Waals surface area contributed by atoms with Crippen LogP contribution in [-0.4, -0.2) is 42.0 Å². The Balaban J connectivity index is 2.11. The minimum atomic E-state index is -0.485. The summed E-state index contributed by atoms with van der Waals surface area (Å²) in [5.41, 5.74) is 5.90. The van der Waals surface area contributed by atoms with E-state index in [9.17, 15) is 14.9 Å². The summed E-state index contributed by atoms with van der Waals surface area (Å²) >= 11 is 6.05. The predicted molar refractivity (Wildman–Crippen MR) is 71.5 cm³/mol. The van der Waals surface area contributed by atoms with Crippen molar-refractivity contribution in [3.8, 4) is 0 Å². The number of carbonyl (C=O) groups excluding carboxylic acids is 1. The fraction of sp³-hybridized carbons (Fsp3) is 0.364. The molecule has 1 aliphatic rings.